The van der Waals surface area contributed by atoms with Crippen LogP contribution in [0.1, 0.15) is 46.0 Å². The van der Waals surface area contributed by atoms with Crippen molar-refractivity contribution in [3.05, 3.63) is 24.3 Å². The molecular formula is C19H27NO2. The molecule has 0 saturated heterocycles. The van der Waals surface area contributed by atoms with Crippen molar-refractivity contribution in [2.75, 3.05) is 12.4 Å². The first-order valence-electron chi connectivity index (χ1n) is 8.58. The van der Waals surface area contributed by atoms with Crippen molar-refractivity contribution < 1.29 is 9.53 Å². The van der Waals surface area contributed by atoms with E-state index in [0.29, 0.717) is 11.7 Å². The topological polar surface area (TPSA) is 38.3 Å². The van der Waals surface area contributed by atoms with Crippen molar-refractivity contribution in [3.63, 3.8) is 0 Å². The van der Waals surface area contributed by atoms with Crippen molar-refractivity contribution in [2.45, 2.75) is 52.0 Å². The summed E-state index contributed by atoms with van der Waals surface area (Å²) in [5.41, 5.74) is 1.36. The molecule has 22 heavy (non-hydrogen) atoms. The van der Waals surface area contributed by atoms with Crippen LogP contribution in [0.2, 0.25) is 0 Å². The van der Waals surface area contributed by atoms with Gasteiger partial charge in [-0.2, -0.15) is 0 Å². The summed E-state index contributed by atoms with van der Waals surface area (Å²) in [7, 11) is 1.68. The fourth-order valence-corrected chi connectivity index (χ4v) is 4.91. The molecule has 3 fully saturated rings. The van der Waals surface area contributed by atoms with Crippen molar-refractivity contribution in [2.24, 2.45) is 17.3 Å². The average Bonchev–Trinajstić information content (AvgIpc) is 2.56. The summed E-state index contributed by atoms with van der Waals surface area (Å²) in [6, 6.07) is 8.34. The normalized spacial score (nSPS) is 29.4. The van der Waals surface area contributed by atoms with E-state index in [1.165, 1.54) is 6.42 Å². The lowest BCUT2D eigenvalue weighted by molar-refractivity contribution is -0.138. The minimum Gasteiger partial charge on any atom is -0.497 e. The van der Waals surface area contributed by atoms with Crippen LogP contribution in [0.4, 0.5) is 5.69 Å². The third kappa shape index (κ3) is 2.31. The molecule has 3 saturated carbocycles. The van der Waals surface area contributed by atoms with Crippen LogP contribution in [-0.4, -0.2) is 18.9 Å². The second kappa shape index (κ2) is 5.94. The van der Waals surface area contributed by atoms with Gasteiger partial charge in [-0.25, -0.2) is 0 Å². The monoisotopic (exact) mass is 301 g/mol. The third-order valence-corrected chi connectivity index (χ3v) is 6.25. The van der Waals surface area contributed by atoms with Crippen LogP contribution in [0.25, 0.3) is 0 Å². The number of ether oxygens (including phenoxy) is 1. The molecular weight excluding hydrogens is 274 g/mol. The van der Waals surface area contributed by atoms with Gasteiger partial charge in [0.25, 0.3) is 0 Å². The van der Waals surface area contributed by atoms with Gasteiger partial charge in [0.2, 0.25) is 0 Å². The van der Waals surface area contributed by atoms with Crippen LogP contribution in [0.15, 0.2) is 24.3 Å². The maximum absolute atomic E-state index is 12.4. The molecule has 3 aliphatic rings. The highest BCUT2D eigenvalue weighted by Gasteiger charge is 2.55. The minimum absolute atomic E-state index is 0.187. The van der Waals surface area contributed by atoms with E-state index >= 15 is 0 Å². The molecule has 1 N–H and O–H groups in total. The number of hydrogen-bond acceptors (Lipinski definition) is 3. The van der Waals surface area contributed by atoms with E-state index in [0.717, 1.165) is 37.1 Å². The Morgan fingerprint density at radius 3 is 2.41 bits per heavy atom. The number of benzene rings is 1. The molecule has 0 unspecified atom stereocenters. The van der Waals surface area contributed by atoms with Gasteiger partial charge in [-0.05, 0) is 61.3 Å². The van der Waals surface area contributed by atoms with Crippen LogP contribution in [-0.2, 0) is 4.79 Å². The maximum Gasteiger partial charge on any atom is 0.138 e. The number of nitrogens with one attached hydrogen (secondary N) is 1. The molecule has 3 atom stereocenters. The molecule has 3 nitrogen and oxygen atoms in total. The van der Waals surface area contributed by atoms with E-state index < -0.39 is 0 Å². The summed E-state index contributed by atoms with van der Waals surface area (Å²) >= 11 is 0. The number of fused-ring (bicyclic) bond motifs is 3. The molecule has 0 radical (unpaired) electrons. The number of hydrogen-bond donors (Lipinski definition) is 1. The lowest BCUT2D eigenvalue weighted by atomic mass is 9.50. The Morgan fingerprint density at radius 1 is 1.18 bits per heavy atom. The van der Waals surface area contributed by atoms with Gasteiger partial charge < -0.3 is 10.1 Å². The lowest BCUT2D eigenvalue weighted by Crippen LogP contribution is -2.59. The van der Waals surface area contributed by atoms with E-state index in [1.807, 2.05) is 12.1 Å². The van der Waals surface area contributed by atoms with Gasteiger partial charge in [0.05, 0.1) is 7.11 Å². The fourth-order valence-electron chi connectivity index (χ4n) is 4.91. The number of ketones is 1. The zero-order valence-corrected chi connectivity index (χ0v) is 13.9. The van der Waals surface area contributed by atoms with Crippen LogP contribution in [0.5, 0.6) is 5.75 Å². The number of carbonyl (C=O) groups is 1. The molecule has 1 aromatic carbocycles. The highest BCUT2D eigenvalue weighted by atomic mass is 16.5. The molecule has 0 aromatic heterocycles. The molecule has 4 rings (SSSR count). The molecule has 3 heteroatoms. The molecule has 0 heterocycles. The van der Waals surface area contributed by atoms with E-state index in [-0.39, 0.29) is 17.4 Å². The summed E-state index contributed by atoms with van der Waals surface area (Å²) in [6.45, 7) is 4.58. The Kier molecular flexibility index (Phi) is 4.16. The van der Waals surface area contributed by atoms with E-state index in [2.05, 4.69) is 31.3 Å². The van der Waals surface area contributed by atoms with Gasteiger partial charge in [-0.15, -0.1) is 0 Å². The fraction of sp³-hybridized carbons (Fsp3) is 0.632. The Labute approximate surface area is 133 Å². The molecule has 3 aliphatic carbocycles. The van der Waals surface area contributed by atoms with Gasteiger partial charge in [-0.3, -0.25) is 4.79 Å². The first kappa shape index (κ1) is 15.4. The number of rotatable bonds is 5. The number of Topliss-reactive ketones (excluding diaryl/α,β-unsaturated/α-hetero) is 1. The summed E-state index contributed by atoms with van der Waals surface area (Å²) in [5.74, 6) is 2.08. The molecule has 0 aliphatic heterocycles. The van der Waals surface area contributed by atoms with Gasteiger partial charge in [0, 0.05) is 24.1 Å². The number of methoxy groups -OCH3 is 1. The van der Waals surface area contributed by atoms with Gasteiger partial charge in [0.15, 0.2) is 0 Å². The quantitative estimate of drug-likeness (QED) is 0.882. The van der Waals surface area contributed by atoms with E-state index in [4.69, 9.17) is 4.74 Å². The Morgan fingerprint density at radius 2 is 1.86 bits per heavy atom. The summed E-state index contributed by atoms with van der Waals surface area (Å²) in [5, 5.41) is 3.71. The van der Waals surface area contributed by atoms with E-state index in [1.54, 1.807) is 7.11 Å². The second-order valence-electron chi connectivity index (χ2n) is 6.84. The SMILES string of the molecule is CCC1(CC)[C@H]2CC[C@H](C(=O)C2)[C@@H]1Nc1ccc(OC)cc1. The standard InChI is InChI=1S/C19H27NO2/c1-4-19(5-2)13-6-11-16(17(21)12-13)18(19)20-14-7-9-15(22-3)10-8-14/h7-10,13,16,18,20H,4-6,11-12H2,1-3H3/t13-,16+,18-/m0/s1. The van der Waals surface area contributed by atoms with Crippen LogP contribution in [0.3, 0.4) is 0 Å². The predicted octanol–water partition coefficient (Wildman–Crippen LogP) is 4.28. The van der Waals surface area contributed by atoms with Crippen molar-refractivity contribution in [3.8, 4) is 5.75 Å². The molecule has 120 valence electrons. The summed E-state index contributed by atoms with van der Waals surface area (Å²) in [4.78, 5) is 12.4. The Hall–Kier alpha value is -1.51. The van der Waals surface area contributed by atoms with Crippen LogP contribution in [0, 0.1) is 17.3 Å². The first-order valence-corrected chi connectivity index (χ1v) is 8.58. The van der Waals surface area contributed by atoms with Crippen molar-refractivity contribution >= 4 is 11.5 Å². The van der Waals surface area contributed by atoms with Crippen LogP contribution < -0.4 is 10.1 Å². The molecule has 0 amide bonds. The van der Waals surface area contributed by atoms with Crippen molar-refractivity contribution in [1.29, 1.82) is 0 Å². The minimum atomic E-state index is 0.187. The van der Waals surface area contributed by atoms with Gasteiger partial charge >= 0.3 is 0 Å². The second-order valence-corrected chi connectivity index (χ2v) is 6.84. The number of carbonyl (C=O) groups excluding carboxylic acids is 1. The summed E-state index contributed by atoms with van der Waals surface area (Å²) in [6.07, 6.45) is 5.36. The van der Waals surface area contributed by atoms with Gasteiger partial charge in [0.1, 0.15) is 11.5 Å². The largest absolute Gasteiger partial charge is 0.497 e. The Bertz CT molecular complexity index is 533. The highest BCUT2D eigenvalue weighted by molar-refractivity contribution is 5.84. The van der Waals surface area contributed by atoms with Gasteiger partial charge in [-0.1, -0.05) is 13.8 Å². The average molecular weight is 301 g/mol. The zero-order chi connectivity index (χ0) is 15.7. The first-order chi connectivity index (χ1) is 10.6. The van der Waals surface area contributed by atoms with Crippen molar-refractivity contribution in [1.82, 2.24) is 0 Å². The summed E-state index contributed by atoms with van der Waals surface area (Å²) < 4.78 is 5.23. The lowest BCUT2D eigenvalue weighted by Gasteiger charge is -2.56. The smallest absolute Gasteiger partial charge is 0.138 e. The highest BCUT2D eigenvalue weighted by Crippen LogP contribution is 2.55. The zero-order valence-electron chi connectivity index (χ0n) is 13.9. The molecule has 1 aromatic rings. The Balaban J connectivity index is 1.89. The van der Waals surface area contributed by atoms with E-state index in [9.17, 15) is 4.79 Å². The molecule has 2 bridgehead atoms. The number of anilines is 1. The maximum atomic E-state index is 12.4. The third-order valence-electron chi connectivity index (χ3n) is 6.25. The predicted molar refractivity (Wildman–Crippen MR) is 89.3 cm³/mol. The van der Waals surface area contributed by atoms with Crippen LogP contribution >= 0.6 is 0 Å². The molecule has 0 spiro atoms.